The van der Waals surface area contributed by atoms with Crippen molar-refractivity contribution in [2.24, 2.45) is 0 Å². The molecule has 6 heteroatoms. The summed E-state index contributed by atoms with van der Waals surface area (Å²) in [6.45, 7) is 3.49. The monoisotopic (exact) mass is 457 g/mol. The summed E-state index contributed by atoms with van der Waals surface area (Å²) in [5.74, 6) is -0.201. The molecule has 1 aromatic heterocycles. The third-order valence-electron chi connectivity index (χ3n) is 6.32. The molecule has 0 aliphatic carbocycles. The van der Waals surface area contributed by atoms with E-state index in [1.54, 1.807) is 27.8 Å². The van der Waals surface area contributed by atoms with Gasteiger partial charge in [0.05, 0.1) is 6.54 Å². The molecular weight excluding hydrogens is 426 g/mol. The third-order valence-corrected chi connectivity index (χ3v) is 6.32. The van der Waals surface area contributed by atoms with E-state index in [9.17, 15) is 14.4 Å². The molecule has 4 rings (SSSR count). The highest BCUT2D eigenvalue weighted by atomic mass is 16.2. The lowest BCUT2D eigenvalue weighted by atomic mass is 10.0. The molecule has 0 spiro atoms. The van der Waals surface area contributed by atoms with Gasteiger partial charge in [0.2, 0.25) is 5.91 Å². The number of pyridine rings is 1. The number of aromatic nitrogens is 1. The van der Waals surface area contributed by atoms with Gasteiger partial charge in [-0.25, -0.2) is 0 Å². The number of nitrogens with zero attached hydrogens (tertiary/aromatic N) is 2. The van der Waals surface area contributed by atoms with Crippen molar-refractivity contribution in [1.29, 1.82) is 0 Å². The Kier molecular flexibility index (Phi) is 7.58. The Morgan fingerprint density at radius 1 is 0.941 bits per heavy atom. The number of nitrogens with one attached hydrogen (secondary N) is 1. The highest BCUT2D eigenvalue weighted by molar-refractivity contribution is 5.94. The number of amides is 2. The van der Waals surface area contributed by atoms with Crippen LogP contribution in [0.3, 0.4) is 0 Å². The molecule has 1 fully saturated rings. The molecule has 1 saturated heterocycles. The van der Waals surface area contributed by atoms with Crippen molar-refractivity contribution in [3.8, 4) is 0 Å². The number of benzene rings is 2. The largest absolute Gasteiger partial charge is 0.353 e. The van der Waals surface area contributed by atoms with E-state index in [4.69, 9.17) is 0 Å². The van der Waals surface area contributed by atoms with Crippen LogP contribution in [0.4, 0.5) is 0 Å². The fraction of sp³-hybridized carbons (Fsp3) is 0.321. The minimum Gasteiger partial charge on any atom is -0.353 e. The van der Waals surface area contributed by atoms with Gasteiger partial charge in [0.1, 0.15) is 5.56 Å². The molecule has 2 aromatic carbocycles. The number of rotatable bonds is 7. The highest BCUT2D eigenvalue weighted by Gasteiger charge is 2.26. The van der Waals surface area contributed by atoms with E-state index >= 15 is 0 Å². The number of aryl methyl sites for hydroxylation is 2. The fourth-order valence-electron chi connectivity index (χ4n) is 4.43. The standard InChI is InChI=1S/C28H31N3O3/c1-21-7-5-10-23(19-21)20-31-16-6-11-25(28(31)34)27(33)30-17-14-24(15-18-30)29-26(32)13-12-22-8-3-2-4-9-22/h2-11,16,19,24H,12-15,17-18,20H2,1H3,(H,29,32). The molecular formula is C28H31N3O3. The van der Waals surface area contributed by atoms with Crippen molar-refractivity contribution in [2.75, 3.05) is 13.1 Å². The fourth-order valence-corrected chi connectivity index (χ4v) is 4.43. The van der Waals surface area contributed by atoms with E-state index in [1.807, 2.05) is 61.5 Å². The Bertz CT molecular complexity index is 1190. The minimum atomic E-state index is -0.273. The Morgan fingerprint density at radius 3 is 2.41 bits per heavy atom. The number of hydrogen-bond acceptors (Lipinski definition) is 3. The van der Waals surface area contributed by atoms with E-state index in [0.29, 0.717) is 45.3 Å². The van der Waals surface area contributed by atoms with Gasteiger partial charge in [0.25, 0.3) is 11.5 Å². The normalized spacial score (nSPS) is 14.1. The summed E-state index contributed by atoms with van der Waals surface area (Å²) in [4.78, 5) is 40.2. The van der Waals surface area contributed by atoms with E-state index in [2.05, 4.69) is 5.32 Å². The van der Waals surface area contributed by atoms with Crippen LogP contribution in [0.25, 0.3) is 0 Å². The van der Waals surface area contributed by atoms with E-state index in [1.165, 1.54) is 0 Å². The van der Waals surface area contributed by atoms with E-state index in [0.717, 1.165) is 16.7 Å². The van der Waals surface area contributed by atoms with Gasteiger partial charge in [-0.1, -0.05) is 60.2 Å². The lowest BCUT2D eigenvalue weighted by molar-refractivity contribution is -0.122. The summed E-state index contributed by atoms with van der Waals surface area (Å²) >= 11 is 0. The van der Waals surface area contributed by atoms with Crippen molar-refractivity contribution in [1.82, 2.24) is 14.8 Å². The summed E-state index contributed by atoms with van der Waals surface area (Å²) in [6, 6.07) is 21.4. The molecule has 176 valence electrons. The van der Waals surface area contributed by atoms with Crippen LogP contribution in [0.15, 0.2) is 77.7 Å². The van der Waals surface area contributed by atoms with Crippen LogP contribution in [0.5, 0.6) is 0 Å². The smallest absolute Gasteiger partial charge is 0.263 e. The van der Waals surface area contributed by atoms with Gasteiger partial charge < -0.3 is 14.8 Å². The molecule has 6 nitrogen and oxygen atoms in total. The molecule has 2 heterocycles. The predicted molar refractivity (Wildman–Crippen MR) is 133 cm³/mol. The first-order chi connectivity index (χ1) is 16.5. The van der Waals surface area contributed by atoms with Gasteiger partial charge in [-0.3, -0.25) is 14.4 Å². The Morgan fingerprint density at radius 2 is 1.68 bits per heavy atom. The number of carbonyl (C=O) groups is 2. The number of likely N-dealkylation sites (tertiary alicyclic amines) is 1. The van der Waals surface area contributed by atoms with Crippen molar-refractivity contribution in [3.63, 3.8) is 0 Å². The zero-order valence-corrected chi connectivity index (χ0v) is 19.6. The van der Waals surface area contributed by atoms with Crippen LogP contribution >= 0.6 is 0 Å². The zero-order valence-electron chi connectivity index (χ0n) is 19.6. The summed E-state index contributed by atoms with van der Waals surface area (Å²) in [5, 5.41) is 3.10. The first-order valence-electron chi connectivity index (χ1n) is 11.9. The molecule has 0 unspecified atom stereocenters. The number of piperidine rings is 1. The van der Waals surface area contributed by atoms with E-state index < -0.39 is 0 Å². The maximum atomic E-state index is 13.1. The molecule has 1 aliphatic rings. The Hall–Kier alpha value is -3.67. The third kappa shape index (κ3) is 6.01. The maximum Gasteiger partial charge on any atom is 0.263 e. The van der Waals surface area contributed by atoms with Crippen molar-refractivity contribution in [2.45, 2.75) is 45.2 Å². The topological polar surface area (TPSA) is 71.4 Å². The van der Waals surface area contributed by atoms with Gasteiger partial charge in [0.15, 0.2) is 0 Å². The molecule has 2 amide bonds. The van der Waals surface area contributed by atoms with Crippen LogP contribution < -0.4 is 10.9 Å². The number of hydrogen-bond donors (Lipinski definition) is 1. The summed E-state index contributed by atoms with van der Waals surface area (Å²) in [5.41, 5.74) is 3.23. The second-order valence-electron chi connectivity index (χ2n) is 8.96. The second kappa shape index (κ2) is 11.0. The van der Waals surface area contributed by atoms with Crippen molar-refractivity contribution < 1.29 is 9.59 Å². The lowest BCUT2D eigenvalue weighted by Gasteiger charge is -2.32. The second-order valence-corrected chi connectivity index (χ2v) is 8.96. The maximum absolute atomic E-state index is 13.1. The van der Waals surface area contributed by atoms with Crippen LogP contribution in [-0.4, -0.2) is 40.4 Å². The molecule has 0 saturated carbocycles. The van der Waals surface area contributed by atoms with Crippen LogP contribution in [0, 0.1) is 6.92 Å². The van der Waals surface area contributed by atoms with Gasteiger partial charge in [0, 0.05) is 31.7 Å². The summed E-state index contributed by atoms with van der Waals surface area (Å²) in [6.07, 6.45) is 4.26. The summed E-state index contributed by atoms with van der Waals surface area (Å²) in [7, 11) is 0. The molecule has 0 radical (unpaired) electrons. The van der Waals surface area contributed by atoms with Gasteiger partial charge in [-0.15, -0.1) is 0 Å². The average molecular weight is 458 g/mol. The van der Waals surface area contributed by atoms with Gasteiger partial charge in [-0.05, 0) is 49.4 Å². The van der Waals surface area contributed by atoms with Gasteiger partial charge in [-0.2, -0.15) is 0 Å². The van der Waals surface area contributed by atoms with Crippen LogP contribution in [0.1, 0.15) is 46.3 Å². The average Bonchev–Trinajstić information content (AvgIpc) is 2.85. The van der Waals surface area contributed by atoms with Crippen molar-refractivity contribution in [3.05, 3.63) is 106 Å². The first kappa shape index (κ1) is 23.5. The molecule has 3 aromatic rings. The van der Waals surface area contributed by atoms with Crippen molar-refractivity contribution >= 4 is 11.8 Å². The van der Waals surface area contributed by atoms with E-state index in [-0.39, 0.29) is 29.0 Å². The minimum absolute atomic E-state index is 0.0377. The van der Waals surface area contributed by atoms with Crippen LogP contribution in [0.2, 0.25) is 0 Å². The van der Waals surface area contributed by atoms with Crippen LogP contribution in [-0.2, 0) is 17.8 Å². The molecule has 1 aliphatic heterocycles. The predicted octanol–water partition coefficient (Wildman–Crippen LogP) is 3.56. The Labute approximate surface area is 200 Å². The molecule has 0 bridgehead atoms. The Balaban J connectivity index is 1.31. The summed E-state index contributed by atoms with van der Waals surface area (Å²) < 4.78 is 1.59. The quantitative estimate of drug-likeness (QED) is 0.590. The zero-order chi connectivity index (χ0) is 23.9. The van der Waals surface area contributed by atoms with Gasteiger partial charge >= 0.3 is 0 Å². The first-order valence-corrected chi connectivity index (χ1v) is 11.9. The molecule has 1 N–H and O–H groups in total. The number of carbonyl (C=O) groups excluding carboxylic acids is 2. The molecule has 0 atom stereocenters. The molecule has 34 heavy (non-hydrogen) atoms. The lowest BCUT2D eigenvalue weighted by Crippen LogP contribution is -2.47. The highest BCUT2D eigenvalue weighted by Crippen LogP contribution is 2.14. The SMILES string of the molecule is Cc1cccc(Cn2cccc(C(=O)N3CCC(NC(=O)CCc4ccccc4)CC3)c2=O)c1.